The fourth-order valence-electron chi connectivity index (χ4n) is 2.97. The molecule has 1 amide bonds. The van der Waals surface area contributed by atoms with E-state index in [-0.39, 0.29) is 21.8 Å². The summed E-state index contributed by atoms with van der Waals surface area (Å²) in [5.41, 5.74) is 13.7. The van der Waals surface area contributed by atoms with Gasteiger partial charge in [0.25, 0.3) is 5.91 Å². The minimum atomic E-state index is -0.677. The van der Waals surface area contributed by atoms with Gasteiger partial charge in [-0.15, -0.1) is 0 Å². The van der Waals surface area contributed by atoms with Crippen molar-refractivity contribution in [3.63, 3.8) is 0 Å². The lowest BCUT2D eigenvalue weighted by Crippen LogP contribution is -2.28. The number of carbonyl (C=O) groups excluding carboxylic acids is 1. The van der Waals surface area contributed by atoms with Crippen molar-refractivity contribution in [2.75, 3.05) is 18.8 Å². The lowest BCUT2D eigenvalue weighted by molar-refractivity contribution is 0.0955. The van der Waals surface area contributed by atoms with Gasteiger partial charge in [0.1, 0.15) is 11.9 Å². The fourth-order valence-corrected chi connectivity index (χ4v) is 3.65. The zero-order valence-electron chi connectivity index (χ0n) is 16.7. The van der Waals surface area contributed by atoms with Crippen LogP contribution in [0.15, 0.2) is 48.7 Å². The third kappa shape index (κ3) is 5.25. The van der Waals surface area contributed by atoms with Gasteiger partial charge in [-0.25, -0.2) is 9.37 Å². The van der Waals surface area contributed by atoms with Gasteiger partial charge in [-0.3, -0.25) is 4.79 Å². The van der Waals surface area contributed by atoms with E-state index in [1.807, 2.05) is 0 Å². The Morgan fingerprint density at radius 3 is 2.58 bits per heavy atom. The highest BCUT2D eigenvalue weighted by molar-refractivity contribution is 6.36. The minimum Gasteiger partial charge on any atom is -0.482 e. The van der Waals surface area contributed by atoms with E-state index in [0.29, 0.717) is 30.0 Å². The summed E-state index contributed by atoms with van der Waals surface area (Å²) in [6.07, 6.45) is 0.919. The van der Waals surface area contributed by atoms with Crippen LogP contribution in [0, 0.1) is 5.82 Å². The van der Waals surface area contributed by atoms with Crippen LogP contribution in [0.5, 0.6) is 5.75 Å². The summed E-state index contributed by atoms with van der Waals surface area (Å²) < 4.78 is 19.8. The van der Waals surface area contributed by atoms with Crippen LogP contribution in [0.2, 0.25) is 10.0 Å². The molecule has 0 fully saturated rings. The minimum absolute atomic E-state index is 0.105. The molecular formula is C22H21Cl2FN4O2. The van der Waals surface area contributed by atoms with Crippen LogP contribution in [0.1, 0.15) is 28.9 Å². The zero-order chi connectivity index (χ0) is 22.5. The molecule has 1 heterocycles. The number of aromatic nitrogens is 1. The third-order valence-electron chi connectivity index (χ3n) is 4.58. The van der Waals surface area contributed by atoms with E-state index in [0.717, 1.165) is 11.1 Å². The molecule has 3 aromatic rings. The van der Waals surface area contributed by atoms with Crippen LogP contribution >= 0.6 is 23.2 Å². The molecule has 0 aliphatic heterocycles. The normalized spacial score (nSPS) is 11.8. The zero-order valence-corrected chi connectivity index (χ0v) is 18.2. The largest absolute Gasteiger partial charge is 0.482 e. The van der Waals surface area contributed by atoms with Crippen LogP contribution in [0.25, 0.3) is 11.1 Å². The maximum Gasteiger partial charge on any atom is 0.251 e. The first-order valence-corrected chi connectivity index (χ1v) is 10.2. The van der Waals surface area contributed by atoms with Gasteiger partial charge in [0, 0.05) is 41.0 Å². The molecule has 0 spiro atoms. The van der Waals surface area contributed by atoms with Crippen LogP contribution in [0.4, 0.5) is 10.2 Å². The van der Waals surface area contributed by atoms with Crippen molar-refractivity contribution in [2.45, 2.75) is 13.0 Å². The quantitative estimate of drug-likeness (QED) is 0.445. The molecular weight excluding hydrogens is 442 g/mol. The Morgan fingerprint density at radius 1 is 1.19 bits per heavy atom. The summed E-state index contributed by atoms with van der Waals surface area (Å²) in [5, 5.41) is 2.89. The van der Waals surface area contributed by atoms with Gasteiger partial charge in [0.15, 0.2) is 11.6 Å². The van der Waals surface area contributed by atoms with Crippen molar-refractivity contribution < 1.29 is 13.9 Å². The van der Waals surface area contributed by atoms with E-state index in [9.17, 15) is 9.18 Å². The number of hydrogen-bond donors (Lipinski definition) is 3. The smallest absolute Gasteiger partial charge is 0.251 e. The van der Waals surface area contributed by atoms with Crippen LogP contribution in [-0.2, 0) is 0 Å². The molecule has 0 saturated carbocycles. The first-order valence-electron chi connectivity index (χ1n) is 9.46. The molecule has 1 atom stereocenters. The average molecular weight is 463 g/mol. The molecule has 0 radical (unpaired) electrons. The highest BCUT2D eigenvalue weighted by Crippen LogP contribution is 2.36. The summed E-state index contributed by atoms with van der Waals surface area (Å²) >= 11 is 12.3. The fraction of sp³-hybridized carbons (Fsp3) is 0.182. The molecule has 0 bridgehead atoms. The van der Waals surface area contributed by atoms with E-state index >= 15 is 0 Å². The van der Waals surface area contributed by atoms with Crippen LogP contribution in [0.3, 0.4) is 0 Å². The Bertz CT molecular complexity index is 1090. The molecule has 0 aliphatic rings. The molecule has 9 heteroatoms. The number of nitrogens with two attached hydrogens (primary N) is 2. The molecule has 1 aromatic heterocycles. The average Bonchev–Trinajstić information content (AvgIpc) is 2.76. The summed E-state index contributed by atoms with van der Waals surface area (Å²) in [4.78, 5) is 16.2. The number of anilines is 1. The number of pyridine rings is 1. The van der Waals surface area contributed by atoms with Gasteiger partial charge >= 0.3 is 0 Å². The van der Waals surface area contributed by atoms with Crippen LogP contribution < -0.4 is 21.5 Å². The Labute approximate surface area is 189 Å². The first kappa shape index (κ1) is 22.8. The molecule has 2 aromatic carbocycles. The number of halogens is 3. The highest BCUT2D eigenvalue weighted by atomic mass is 35.5. The Kier molecular flexibility index (Phi) is 7.33. The van der Waals surface area contributed by atoms with E-state index < -0.39 is 11.9 Å². The summed E-state index contributed by atoms with van der Waals surface area (Å²) in [7, 11) is 0. The summed E-state index contributed by atoms with van der Waals surface area (Å²) in [6.45, 7) is 2.46. The predicted molar refractivity (Wildman–Crippen MR) is 121 cm³/mol. The number of nitrogen functional groups attached to an aromatic ring is 1. The van der Waals surface area contributed by atoms with Crippen molar-refractivity contribution >= 4 is 34.9 Å². The molecule has 162 valence electrons. The lowest BCUT2D eigenvalue weighted by Gasteiger charge is -2.19. The standard InChI is InChI=1S/C22H21Cl2FN4O2/c1-12(19-16(23)6-7-17(25)20(19)24)31-18-10-15(11-29-21(18)27)13-2-4-14(5-3-13)22(30)28-9-8-26/h2-7,10-12H,8-9,26H2,1H3,(H2,27,29)(H,28,30). The van der Waals surface area contributed by atoms with Crippen molar-refractivity contribution in [2.24, 2.45) is 5.73 Å². The number of ether oxygens (including phenoxy) is 1. The Morgan fingerprint density at radius 2 is 1.90 bits per heavy atom. The lowest BCUT2D eigenvalue weighted by atomic mass is 10.0. The number of nitrogens with one attached hydrogen (secondary N) is 1. The van der Waals surface area contributed by atoms with Crippen molar-refractivity contribution in [3.8, 4) is 16.9 Å². The first-order chi connectivity index (χ1) is 14.8. The molecule has 6 nitrogen and oxygen atoms in total. The van der Waals surface area contributed by atoms with Crippen LogP contribution in [-0.4, -0.2) is 24.0 Å². The van der Waals surface area contributed by atoms with Gasteiger partial charge in [0.2, 0.25) is 0 Å². The van der Waals surface area contributed by atoms with E-state index in [1.54, 1.807) is 43.5 Å². The second-order valence-electron chi connectivity index (χ2n) is 6.75. The number of nitrogens with zero attached hydrogens (tertiary/aromatic N) is 1. The van der Waals surface area contributed by atoms with E-state index in [1.165, 1.54) is 12.1 Å². The van der Waals surface area contributed by atoms with Crippen molar-refractivity contribution in [3.05, 3.63) is 75.7 Å². The van der Waals surface area contributed by atoms with Gasteiger partial charge < -0.3 is 21.5 Å². The number of amides is 1. The monoisotopic (exact) mass is 462 g/mol. The maximum atomic E-state index is 13.9. The van der Waals surface area contributed by atoms with Gasteiger partial charge in [-0.2, -0.15) is 0 Å². The second kappa shape index (κ2) is 9.96. The van der Waals surface area contributed by atoms with Crippen molar-refractivity contribution in [1.82, 2.24) is 10.3 Å². The highest BCUT2D eigenvalue weighted by Gasteiger charge is 2.20. The van der Waals surface area contributed by atoms with Crippen molar-refractivity contribution in [1.29, 1.82) is 0 Å². The van der Waals surface area contributed by atoms with Gasteiger partial charge in [0.05, 0.1) is 5.02 Å². The predicted octanol–water partition coefficient (Wildman–Crippen LogP) is 4.61. The molecule has 5 N–H and O–H groups in total. The molecule has 3 rings (SSSR count). The molecule has 0 saturated heterocycles. The summed E-state index contributed by atoms with van der Waals surface area (Å²) in [5.74, 6) is -0.329. The number of hydrogen-bond acceptors (Lipinski definition) is 5. The SMILES string of the molecule is CC(Oc1cc(-c2ccc(C(=O)NCCN)cc2)cnc1N)c1c(Cl)ccc(F)c1Cl. The van der Waals surface area contributed by atoms with E-state index in [2.05, 4.69) is 10.3 Å². The third-order valence-corrected chi connectivity index (χ3v) is 5.30. The maximum absolute atomic E-state index is 13.9. The molecule has 0 aliphatic carbocycles. The Hall–Kier alpha value is -2.87. The Balaban J connectivity index is 1.84. The van der Waals surface area contributed by atoms with Gasteiger partial charge in [-0.05, 0) is 42.8 Å². The number of rotatable bonds is 7. The topological polar surface area (TPSA) is 103 Å². The number of carbonyl (C=O) groups is 1. The number of benzene rings is 2. The second-order valence-corrected chi connectivity index (χ2v) is 7.53. The van der Waals surface area contributed by atoms with Gasteiger partial charge in [-0.1, -0.05) is 35.3 Å². The summed E-state index contributed by atoms with van der Waals surface area (Å²) in [6, 6.07) is 11.3. The van der Waals surface area contributed by atoms with E-state index in [4.69, 9.17) is 39.4 Å². The molecule has 1 unspecified atom stereocenters. The molecule has 31 heavy (non-hydrogen) atoms.